The number of hydrogen-bond acceptors (Lipinski definition) is 3. The Kier molecular flexibility index (Phi) is 4.39. The fraction of sp³-hybridized carbons (Fsp3) is 0.769. The molecule has 6 nitrogen and oxygen atoms in total. The van der Waals surface area contributed by atoms with Gasteiger partial charge in [0.2, 0.25) is 11.8 Å². The molecule has 2 aliphatic rings. The van der Waals surface area contributed by atoms with Crippen molar-refractivity contribution in [3.8, 4) is 0 Å². The highest BCUT2D eigenvalue weighted by Crippen LogP contribution is 2.30. The van der Waals surface area contributed by atoms with E-state index in [0.717, 1.165) is 12.8 Å². The first-order valence-corrected chi connectivity index (χ1v) is 6.88. The zero-order valence-corrected chi connectivity index (χ0v) is 10.9. The normalized spacial score (nSPS) is 31.4. The number of carboxylic acids is 1. The summed E-state index contributed by atoms with van der Waals surface area (Å²) in [4.78, 5) is 34.4. The molecule has 0 spiro atoms. The lowest BCUT2D eigenvalue weighted by Crippen LogP contribution is -2.50. The number of nitrogens with one attached hydrogen (secondary N) is 2. The van der Waals surface area contributed by atoms with Crippen LogP contribution in [-0.4, -0.2) is 35.5 Å². The molecule has 1 aliphatic heterocycles. The number of aliphatic carboxylic acids is 1. The van der Waals surface area contributed by atoms with Crippen molar-refractivity contribution in [1.82, 2.24) is 10.6 Å². The van der Waals surface area contributed by atoms with Crippen molar-refractivity contribution >= 4 is 17.8 Å². The largest absolute Gasteiger partial charge is 0.481 e. The summed E-state index contributed by atoms with van der Waals surface area (Å²) in [7, 11) is 0. The van der Waals surface area contributed by atoms with Crippen molar-refractivity contribution in [2.45, 2.75) is 44.6 Å². The Balaban J connectivity index is 1.90. The second-order valence-corrected chi connectivity index (χ2v) is 5.38. The summed E-state index contributed by atoms with van der Waals surface area (Å²) in [5.41, 5.74) is 0. The van der Waals surface area contributed by atoms with Gasteiger partial charge >= 0.3 is 5.97 Å². The van der Waals surface area contributed by atoms with Gasteiger partial charge in [0.05, 0.1) is 11.8 Å². The highest BCUT2D eigenvalue weighted by molar-refractivity contribution is 5.85. The molecule has 0 bridgehead atoms. The van der Waals surface area contributed by atoms with Crippen LogP contribution in [0, 0.1) is 11.8 Å². The van der Waals surface area contributed by atoms with Gasteiger partial charge in [0, 0.05) is 19.0 Å². The Morgan fingerprint density at radius 3 is 2.42 bits per heavy atom. The summed E-state index contributed by atoms with van der Waals surface area (Å²) in [6, 6.07) is -0.0680. The maximum absolute atomic E-state index is 12.2. The minimum absolute atomic E-state index is 0.00609. The molecule has 3 atom stereocenters. The minimum atomic E-state index is -0.878. The standard InChI is InChI=1S/C13H20N2O4/c16-11-6-5-8(7-14-11)15-12(17)9-3-1-2-4-10(9)13(18)19/h8-10H,1-7H2,(H,14,16)(H,15,17)(H,18,19). The van der Waals surface area contributed by atoms with Gasteiger partial charge in [-0.25, -0.2) is 0 Å². The molecule has 1 heterocycles. The molecule has 106 valence electrons. The van der Waals surface area contributed by atoms with E-state index in [-0.39, 0.29) is 17.9 Å². The van der Waals surface area contributed by atoms with Crippen molar-refractivity contribution in [2.24, 2.45) is 11.8 Å². The van der Waals surface area contributed by atoms with Gasteiger partial charge in [-0.3, -0.25) is 14.4 Å². The molecule has 3 unspecified atom stereocenters. The molecule has 0 aromatic heterocycles. The van der Waals surface area contributed by atoms with E-state index in [1.54, 1.807) is 0 Å². The van der Waals surface area contributed by atoms with Crippen molar-refractivity contribution in [2.75, 3.05) is 6.54 Å². The van der Waals surface area contributed by atoms with Gasteiger partial charge in [-0.1, -0.05) is 12.8 Å². The van der Waals surface area contributed by atoms with Gasteiger partial charge < -0.3 is 15.7 Å². The summed E-state index contributed by atoms with van der Waals surface area (Å²) in [6.07, 6.45) is 4.04. The maximum atomic E-state index is 12.2. The third kappa shape index (κ3) is 3.45. The Morgan fingerprint density at radius 1 is 1.16 bits per heavy atom. The van der Waals surface area contributed by atoms with E-state index in [0.29, 0.717) is 32.2 Å². The molecule has 0 aromatic rings. The second-order valence-electron chi connectivity index (χ2n) is 5.38. The fourth-order valence-electron chi connectivity index (χ4n) is 2.90. The maximum Gasteiger partial charge on any atom is 0.307 e. The van der Waals surface area contributed by atoms with E-state index in [9.17, 15) is 14.4 Å². The molecule has 0 aromatic carbocycles. The van der Waals surface area contributed by atoms with Crippen LogP contribution in [0.2, 0.25) is 0 Å². The smallest absolute Gasteiger partial charge is 0.307 e. The van der Waals surface area contributed by atoms with Crippen LogP contribution >= 0.6 is 0 Å². The van der Waals surface area contributed by atoms with Crippen LogP contribution in [0.5, 0.6) is 0 Å². The summed E-state index contributed by atoms with van der Waals surface area (Å²) in [6.45, 7) is 0.440. The SMILES string of the molecule is O=C1CCC(NC(=O)C2CCCCC2C(=O)O)CN1. The van der Waals surface area contributed by atoms with Crippen LogP contribution in [0.15, 0.2) is 0 Å². The van der Waals surface area contributed by atoms with Gasteiger partial charge in [0.25, 0.3) is 0 Å². The number of piperidine rings is 1. The zero-order valence-electron chi connectivity index (χ0n) is 10.9. The molecule has 1 saturated carbocycles. The van der Waals surface area contributed by atoms with E-state index >= 15 is 0 Å². The van der Waals surface area contributed by atoms with Crippen molar-refractivity contribution < 1.29 is 19.5 Å². The van der Waals surface area contributed by atoms with Gasteiger partial charge in [-0.2, -0.15) is 0 Å². The topological polar surface area (TPSA) is 95.5 Å². The first-order valence-electron chi connectivity index (χ1n) is 6.88. The average molecular weight is 268 g/mol. The van der Waals surface area contributed by atoms with Gasteiger partial charge in [0.15, 0.2) is 0 Å². The van der Waals surface area contributed by atoms with Gasteiger partial charge in [-0.05, 0) is 19.3 Å². The van der Waals surface area contributed by atoms with Crippen LogP contribution in [-0.2, 0) is 14.4 Å². The third-order valence-corrected chi connectivity index (χ3v) is 4.03. The summed E-state index contributed by atoms with van der Waals surface area (Å²) in [5, 5.41) is 14.7. The van der Waals surface area contributed by atoms with Crippen LogP contribution in [0.1, 0.15) is 38.5 Å². The van der Waals surface area contributed by atoms with E-state index in [1.165, 1.54) is 0 Å². The van der Waals surface area contributed by atoms with E-state index < -0.39 is 17.8 Å². The molecule has 1 aliphatic carbocycles. The molecule has 2 rings (SSSR count). The van der Waals surface area contributed by atoms with Crippen molar-refractivity contribution in [3.05, 3.63) is 0 Å². The minimum Gasteiger partial charge on any atom is -0.481 e. The van der Waals surface area contributed by atoms with Gasteiger partial charge in [-0.15, -0.1) is 0 Å². The van der Waals surface area contributed by atoms with Crippen LogP contribution in [0.3, 0.4) is 0 Å². The zero-order chi connectivity index (χ0) is 13.8. The Labute approximate surface area is 111 Å². The summed E-state index contributed by atoms with van der Waals surface area (Å²) >= 11 is 0. The van der Waals surface area contributed by atoms with E-state index in [2.05, 4.69) is 10.6 Å². The lowest BCUT2D eigenvalue weighted by Gasteiger charge is -2.30. The molecule has 0 radical (unpaired) electrons. The first kappa shape index (κ1) is 13.8. The van der Waals surface area contributed by atoms with E-state index in [1.807, 2.05) is 0 Å². The van der Waals surface area contributed by atoms with Gasteiger partial charge in [0.1, 0.15) is 0 Å². The summed E-state index contributed by atoms with van der Waals surface area (Å²) in [5.74, 6) is -2.03. The number of carboxylic acid groups (broad SMARTS) is 1. The predicted molar refractivity (Wildman–Crippen MR) is 67.3 cm³/mol. The quantitative estimate of drug-likeness (QED) is 0.684. The lowest BCUT2D eigenvalue weighted by atomic mass is 9.78. The Hall–Kier alpha value is -1.59. The van der Waals surface area contributed by atoms with E-state index in [4.69, 9.17) is 5.11 Å². The highest BCUT2D eigenvalue weighted by atomic mass is 16.4. The third-order valence-electron chi connectivity index (χ3n) is 4.03. The molecular weight excluding hydrogens is 248 g/mol. The summed E-state index contributed by atoms with van der Waals surface area (Å²) < 4.78 is 0. The number of rotatable bonds is 3. The molecular formula is C13H20N2O4. The second kappa shape index (κ2) is 6.04. The molecule has 2 fully saturated rings. The number of carbonyl (C=O) groups excluding carboxylic acids is 2. The number of amides is 2. The molecule has 1 saturated heterocycles. The molecule has 3 N–H and O–H groups in total. The number of hydrogen-bond donors (Lipinski definition) is 3. The van der Waals surface area contributed by atoms with Crippen molar-refractivity contribution in [3.63, 3.8) is 0 Å². The molecule has 2 amide bonds. The highest BCUT2D eigenvalue weighted by Gasteiger charge is 2.36. The lowest BCUT2D eigenvalue weighted by molar-refractivity contribution is -0.149. The predicted octanol–water partition coefficient (Wildman–Crippen LogP) is 0.272. The monoisotopic (exact) mass is 268 g/mol. The van der Waals surface area contributed by atoms with Crippen LogP contribution in [0.4, 0.5) is 0 Å². The van der Waals surface area contributed by atoms with Crippen LogP contribution in [0.25, 0.3) is 0 Å². The Bertz CT molecular complexity index is 373. The molecule has 19 heavy (non-hydrogen) atoms. The van der Waals surface area contributed by atoms with Crippen LogP contribution < -0.4 is 10.6 Å². The fourth-order valence-corrected chi connectivity index (χ4v) is 2.90. The first-order chi connectivity index (χ1) is 9.08. The Morgan fingerprint density at radius 2 is 1.84 bits per heavy atom. The molecule has 6 heteroatoms. The van der Waals surface area contributed by atoms with Crippen molar-refractivity contribution in [1.29, 1.82) is 0 Å². The average Bonchev–Trinajstić information content (AvgIpc) is 2.41. The number of carbonyl (C=O) groups is 3.